The average Bonchev–Trinajstić information content (AvgIpc) is 2.81. The molecule has 0 aliphatic carbocycles. The van der Waals surface area contributed by atoms with Gasteiger partial charge in [0.15, 0.2) is 0 Å². The summed E-state index contributed by atoms with van der Waals surface area (Å²) in [7, 11) is 0. The Balaban J connectivity index is 1.89. The van der Waals surface area contributed by atoms with E-state index in [-0.39, 0.29) is 23.9 Å². The van der Waals surface area contributed by atoms with Crippen LogP contribution in [0.25, 0.3) is 0 Å². The van der Waals surface area contributed by atoms with Gasteiger partial charge >= 0.3 is 0 Å². The van der Waals surface area contributed by atoms with Gasteiger partial charge in [-0.25, -0.2) is 0 Å². The molecule has 0 bridgehead atoms. The lowest BCUT2D eigenvalue weighted by Crippen LogP contribution is -2.50. The standard InChI is InChI=1S/C15H21N3O2/c1-9(2)16-14(19)10(3)17-15(20)13-8-11-6-4-5-7-12(11)18-13/h4-7,9-10,13,18H,8H2,1-3H3,(H,16,19)(H,17,20)/t10?,13-/m0/s1. The summed E-state index contributed by atoms with van der Waals surface area (Å²) in [5.41, 5.74) is 2.12. The number of fused-ring (bicyclic) bond motifs is 1. The molecule has 0 radical (unpaired) electrons. The third-order valence-electron chi connectivity index (χ3n) is 3.27. The molecule has 5 heteroatoms. The van der Waals surface area contributed by atoms with Crippen LogP contribution in [0.15, 0.2) is 24.3 Å². The molecule has 1 unspecified atom stereocenters. The van der Waals surface area contributed by atoms with Gasteiger partial charge < -0.3 is 16.0 Å². The molecule has 0 aromatic heterocycles. The minimum absolute atomic E-state index is 0.0655. The highest BCUT2D eigenvalue weighted by Crippen LogP contribution is 2.25. The van der Waals surface area contributed by atoms with Gasteiger partial charge in [0.25, 0.3) is 0 Å². The molecule has 2 rings (SSSR count). The van der Waals surface area contributed by atoms with Gasteiger partial charge in [0, 0.05) is 18.2 Å². The molecule has 20 heavy (non-hydrogen) atoms. The summed E-state index contributed by atoms with van der Waals surface area (Å²) in [6.07, 6.45) is 0.653. The molecule has 3 N–H and O–H groups in total. The molecule has 1 aromatic rings. The maximum absolute atomic E-state index is 12.2. The number of nitrogens with one attached hydrogen (secondary N) is 3. The Labute approximate surface area is 119 Å². The zero-order valence-electron chi connectivity index (χ0n) is 12.1. The van der Waals surface area contributed by atoms with E-state index in [9.17, 15) is 9.59 Å². The molecule has 0 saturated heterocycles. The van der Waals surface area contributed by atoms with Crippen molar-refractivity contribution in [2.24, 2.45) is 0 Å². The quantitative estimate of drug-likeness (QED) is 0.769. The topological polar surface area (TPSA) is 70.2 Å². The summed E-state index contributed by atoms with van der Waals surface area (Å²) in [6, 6.07) is 7.08. The zero-order valence-corrected chi connectivity index (χ0v) is 12.1. The van der Waals surface area contributed by atoms with Gasteiger partial charge in [0.1, 0.15) is 12.1 Å². The second kappa shape index (κ2) is 5.94. The predicted molar refractivity (Wildman–Crippen MR) is 78.4 cm³/mol. The van der Waals surface area contributed by atoms with Gasteiger partial charge in [0.05, 0.1) is 0 Å². The van der Waals surface area contributed by atoms with E-state index < -0.39 is 6.04 Å². The van der Waals surface area contributed by atoms with Crippen LogP contribution in [0.2, 0.25) is 0 Å². The summed E-state index contributed by atoms with van der Waals surface area (Å²) in [5, 5.41) is 8.71. The summed E-state index contributed by atoms with van der Waals surface area (Å²) < 4.78 is 0. The molecule has 2 amide bonds. The molecular formula is C15H21N3O2. The van der Waals surface area contributed by atoms with Crippen LogP contribution in [0.4, 0.5) is 5.69 Å². The third-order valence-corrected chi connectivity index (χ3v) is 3.27. The van der Waals surface area contributed by atoms with Crippen LogP contribution in [0, 0.1) is 0 Å². The first-order chi connectivity index (χ1) is 9.47. The van der Waals surface area contributed by atoms with Crippen molar-refractivity contribution < 1.29 is 9.59 Å². The van der Waals surface area contributed by atoms with Gasteiger partial charge in [-0.3, -0.25) is 9.59 Å². The monoisotopic (exact) mass is 275 g/mol. The van der Waals surface area contributed by atoms with Crippen molar-refractivity contribution in [1.29, 1.82) is 0 Å². The normalized spacial score (nSPS) is 18.1. The molecule has 5 nitrogen and oxygen atoms in total. The fourth-order valence-corrected chi connectivity index (χ4v) is 2.25. The first-order valence-corrected chi connectivity index (χ1v) is 6.92. The summed E-state index contributed by atoms with van der Waals surface area (Å²) in [6.45, 7) is 5.47. The van der Waals surface area contributed by atoms with Crippen molar-refractivity contribution in [3.05, 3.63) is 29.8 Å². The van der Waals surface area contributed by atoms with Gasteiger partial charge in [-0.05, 0) is 32.4 Å². The van der Waals surface area contributed by atoms with Crippen LogP contribution in [-0.2, 0) is 16.0 Å². The Kier molecular flexibility index (Phi) is 4.27. The minimum atomic E-state index is -0.532. The molecule has 0 spiro atoms. The van der Waals surface area contributed by atoms with E-state index in [1.807, 2.05) is 38.1 Å². The fourth-order valence-electron chi connectivity index (χ4n) is 2.25. The smallest absolute Gasteiger partial charge is 0.243 e. The van der Waals surface area contributed by atoms with Crippen molar-refractivity contribution in [3.63, 3.8) is 0 Å². The Morgan fingerprint density at radius 3 is 2.55 bits per heavy atom. The highest BCUT2D eigenvalue weighted by Gasteiger charge is 2.28. The first kappa shape index (κ1) is 14.4. The van der Waals surface area contributed by atoms with E-state index in [1.165, 1.54) is 0 Å². The highest BCUT2D eigenvalue weighted by molar-refractivity contribution is 5.92. The van der Waals surface area contributed by atoms with Crippen molar-refractivity contribution >= 4 is 17.5 Å². The molecule has 1 aliphatic rings. The SMILES string of the molecule is CC(C)NC(=O)C(C)NC(=O)[C@@H]1Cc2ccccc2N1. The minimum Gasteiger partial charge on any atom is -0.373 e. The molecule has 1 aromatic carbocycles. The van der Waals surface area contributed by atoms with Crippen LogP contribution in [0.5, 0.6) is 0 Å². The van der Waals surface area contributed by atoms with E-state index in [2.05, 4.69) is 16.0 Å². The highest BCUT2D eigenvalue weighted by atomic mass is 16.2. The van der Waals surface area contributed by atoms with E-state index >= 15 is 0 Å². The fraction of sp³-hybridized carbons (Fsp3) is 0.467. The van der Waals surface area contributed by atoms with E-state index in [0.717, 1.165) is 11.3 Å². The van der Waals surface area contributed by atoms with Crippen LogP contribution in [-0.4, -0.2) is 29.9 Å². The molecule has 0 saturated carbocycles. The first-order valence-electron chi connectivity index (χ1n) is 6.92. The number of carbonyl (C=O) groups excluding carboxylic acids is 2. The molecule has 0 fully saturated rings. The lowest BCUT2D eigenvalue weighted by molar-refractivity contribution is -0.129. The molecule has 2 atom stereocenters. The largest absolute Gasteiger partial charge is 0.373 e. The van der Waals surface area contributed by atoms with E-state index in [0.29, 0.717) is 6.42 Å². The van der Waals surface area contributed by atoms with E-state index in [1.54, 1.807) is 6.92 Å². The van der Waals surface area contributed by atoms with Crippen molar-refractivity contribution in [2.75, 3.05) is 5.32 Å². The molecular weight excluding hydrogens is 254 g/mol. The number of benzene rings is 1. The number of hydrogen-bond donors (Lipinski definition) is 3. The van der Waals surface area contributed by atoms with Gasteiger partial charge in [0.2, 0.25) is 11.8 Å². The van der Waals surface area contributed by atoms with Crippen LogP contribution < -0.4 is 16.0 Å². The van der Waals surface area contributed by atoms with Crippen molar-refractivity contribution in [1.82, 2.24) is 10.6 Å². The maximum atomic E-state index is 12.2. The summed E-state index contributed by atoms with van der Waals surface area (Å²) >= 11 is 0. The maximum Gasteiger partial charge on any atom is 0.243 e. The third kappa shape index (κ3) is 3.29. The lowest BCUT2D eigenvalue weighted by atomic mass is 10.1. The number of carbonyl (C=O) groups is 2. The number of hydrogen-bond acceptors (Lipinski definition) is 3. The predicted octanol–water partition coefficient (Wildman–Crippen LogP) is 1.05. The van der Waals surface area contributed by atoms with E-state index in [4.69, 9.17) is 0 Å². The molecule has 108 valence electrons. The van der Waals surface area contributed by atoms with Crippen LogP contribution >= 0.6 is 0 Å². The molecule has 1 aliphatic heterocycles. The second-order valence-electron chi connectivity index (χ2n) is 5.45. The lowest BCUT2D eigenvalue weighted by Gasteiger charge is -2.18. The number of amides is 2. The Morgan fingerprint density at radius 2 is 1.90 bits per heavy atom. The van der Waals surface area contributed by atoms with Crippen molar-refractivity contribution in [3.8, 4) is 0 Å². The van der Waals surface area contributed by atoms with Crippen LogP contribution in [0.3, 0.4) is 0 Å². The van der Waals surface area contributed by atoms with Crippen LogP contribution in [0.1, 0.15) is 26.3 Å². The van der Waals surface area contributed by atoms with Gasteiger partial charge in [-0.15, -0.1) is 0 Å². The summed E-state index contributed by atoms with van der Waals surface area (Å²) in [5.74, 6) is -0.309. The Hall–Kier alpha value is -2.04. The zero-order chi connectivity index (χ0) is 14.7. The van der Waals surface area contributed by atoms with Gasteiger partial charge in [-0.1, -0.05) is 18.2 Å². The number of rotatable bonds is 4. The number of anilines is 1. The van der Waals surface area contributed by atoms with Gasteiger partial charge in [-0.2, -0.15) is 0 Å². The van der Waals surface area contributed by atoms with Crippen molar-refractivity contribution in [2.45, 2.75) is 45.3 Å². The number of para-hydroxylation sites is 1. The average molecular weight is 275 g/mol. The second-order valence-corrected chi connectivity index (χ2v) is 5.45. The Bertz CT molecular complexity index is 489. The summed E-state index contributed by atoms with van der Waals surface area (Å²) in [4.78, 5) is 23.9. The Morgan fingerprint density at radius 1 is 1.20 bits per heavy atom. The molecule has 1 heterocycles.